The van der Waals surface area contributed by atoms with E-state index in [-0.39, 0.29) is 0 Å². The van der Waals surface area contributed by atoms with Gasteiger partial charge in [0.15, 0.2) is 0 Å². The van der Waals surface area contributed by atoms with Crippen molar-refractivity contribution in [2.75, 3.05) is 6.61 Å². The van der Waals surface area contributed by atoms with Crippen LogP contribution in [-0.2, 0) is 4.79 Å². The molecule has 1 amide bonds. The van der Waals surface area contributed by atoms with Gasteiger partial charge < -0.3 is 25.7 Å². The van der Waals surface area contributed by atoms with E-state index in [1.54, 1.807) is 0 Å². The fourth-order valence-electron chi connectivity index (χ4n) is 7.58. The summed E-state index contributed by atoms with van der Waals surface area (Å²) in [5.41, 5.74) is 0. The van der Waals surface area contributed by atoms with E-state index in [1.807, 2.05) is 0 Å². The molecular formula is C46H93NO5. The molecule has 0 saturated carbocycles. The zero-order chi connectivity index (χ0) is 38.2. The molecule has 0 spiro atoms. The number of aliphatic hydroxyl groups is 4. The molecule has 0 aliphatic heterocycles. The molecule has 0 aliphatic carbocycles. The third kappa shape index (κ3) is 35.0. The largest absolute Gasteiger partial charge is 0.394 e. The number of nitrogens with one attached hydrogen (secondary N) is 1. The Hall–Kier alpha value is -0.690. The second-order valence-electron chi connectivity index (χ2n) is 16.5. The summed E-state index contributed by atoms with van der Waals surface area (Å²) in [6.07, 6.45) is 44.7. The molecule has 0 aliphatic rings. The van der Waals surface area contributed by atoms with Crippen molar-refractivity contribution in [3.05, 3.63) is 0 Å². The average molecular weight is 740 g/mol. The molecule has 312 valence electrons. The standard InChI is InChI=1S/C46H93NO5/c1-3-5-7-9-11-12-13-14-15-16-17-18-19-20-21-22-23-24-25-26-27-28-29-30-31-32-34-36-38-40-44(50)46(52)47-42(41-48)45(51)43(49)39-37-35-33-10-8-6-4-2/h42-45,48-51H,3-41H2,1-2H3,(H,47,52). The zero-order valence-electron chi connectivity index (χ0n) is 35.1. The molecule has 0 radical (unpaired) electrons. The monoisotopic (exact) mass is 740 g/mol. The number of rotatable bonds is 43. The Kier molecular flexibility index (Phi) is 40.9. The van der Waals surface area contributed by atoms with Crippen molar-refractivity contribution >= 4 is 5.91 Å². The minimum absolute atomic E-state index is 0.375. The summed E-state index contributed by atoms with van der Waals surface area (Å²) in [5, 5.41) is 43.4. The quantitative estimate of drug-likeness (QED) is 0.0400. The van der Waals surface area contributed by atoms with Gasteiger partial charge in [-0.1, -0.05) is 245 Å². The molecule has 52 heavy (non-hydrogen) atoms. The highest BCUT2D eigenvalue weighted by molar-refractivity contribution is 5.80. The number of hydrogen-bond donors (Lipinski definition) is 5. The number of amides is 1. The molecule has 0 aromatic rings. The molecule has 0 fully saturated rings. The SMILES string of the molecule is CCCCCCCCCCCCCCCCCCCCCCCCCCCCCCCC(O)C(=O)NC(CO)C(O)C(O)CCCCCCCCC. The highest BCUT2D eigenvalue weighted by atomic mass is 16.3. The second-order valence-corrected chi connectivity index (χ2v) is 16.5. The summed E-state index contributed by atoms with van der Waals surface area (Å²) in [6.45, 7) is 4.01. The second kappa shape index (κ2) is 41.5. The first kappa shape index (κ1) is 51.3. The van der Waals surface area contributed by atoms with Gasteiger partial charge in [-0.05, 0) is 12.8 Å². The van der Waals surface area contributed by atoms with E-state index in [0.717, 1.165) is 38.5 Å². The van der Waals surface area contributed by atoms with Crippen molar-refractivity contribution in [2.45, 2.75) is 282 Å². The first-order chi connectivity index (χ1) is 25.5. The molecular weight excluding hydrogens is 647 g/mol. The average Bonchev–Trinajstić information content (AvgIpc) is 3.15. The molecule has 0 saturated heterocycles. The van der Waals surface area contributed by atoms with Crippen LogP contribution in [0, 0.1) is 0 Å². The minimum atomic E-state index is -1.25. The normalized spacial score (nSPS) is 14.0. The molecule has 0 rings (SSSR count). The molecule has 6 nitrogen and oxygen atoms in total. The number of aliphatic hydroxyl groups excluding tert-OH is 4. The van der Waals surface area contributed by atoms with Gasteiger partial charge >= 0.3 is 0 Å². The molecule has 5 N–H and O–H groups in total. The lowest BCUT2D eigenvalue weighted by Gasteiger charge is -2.27. The van der Waals surface area contributed by atoms with Crippen LogP contribution in [0.4, 0.5) is 0 Å². The van der Waals surface area contributed by atoms with Crippen molar-refractivity contribution in [1.29, 1.82) is 0 Å². The lowest BCUT2D eigenvalue weighted by Crippen LogP contribution is -2.53. The van der Waals surface area contributed by atoms with Crippen molar-refractivity contribution in [1.82, 2.24) is 5.32 Å². The van der Waals surface area contributed by atoms with Crippen LogP contribution in [-0.4, -0.2) is 57.3 Å². The van der Waals surface area contributed by atoms with Crippen LogP contribution in [0.2, 0.25) is 0 Å². The minimum Gasteiger partial charge on any atom is -0.394 e. The van der Waals surface area contributed by atoms with Crippen LogP contribution in [0.1, 0.15) is 258 Å². The van der Waals surface area contributed by atoms with Gasteiger partial charge in [0.05, 0.1) is 18.8 Å². The van der Waals surface area contributed by atoms with Crippen LogP contribution in [0.25, 0.3) is 0 Å². The first-order valence-corrected chi connectivity index (χ1v) is 23.4. The summed E-state index contributed by atoms with van der Waals surface area (Å²) < 4.78 is 0. The van der Waals surface area contributed by atoms with Crippen LogP contribution in [0.3, 0.4) is 0 Å². The summed E-state index contributed by atoms with van der Waals surface area (Å²) in [6, 6.07) is -0.977. The third-order valence-electron chi connectivity index (χ3n) is 11.3. The summed E-state index contributed by atoms with van der Waals surface area (Å²) in [7, 11) is 0. The van der Waals surface area contributed by atoms with Gasteiger partial charge in [0.25, 0.3) is 0 Å². The number of carbonyl (C=O) groups is 1. The maximum Gasteiger partial charge on any atom is 0.249 e. The van der Waals surface area contributed by atoms with E-state index in [9.17, 15) is 25.2 Å². The Morgan fingerprint density at radius 1 is 0.404 bits per heavy atom. The fourth-order valence-corrected chi connectivity index (χ4v) is 7.58. The molecule has 0 aromatic carbocycles. The van der Waals surface area contributed by atoms with Crippen molar-refractivity contribution < 1.29 is 25.2 Å². The maximum absolute atomic E-state index is 12.4. The lowest BCUT2D eigenvalue weighted by atomic mass is 9.99. The maximum atomic E-state index is 12.4. The van der Waals surface area contributed by atoms with Crippen molar-refractivity contribution in [2.24, 2.45) is 0 Å². The van der Waals surface area contributed by atoms with E-state index in [1.165, 1.54) is 193 Å². The third-order valence-corrected chi connectivity index (χ3v) is 11.3. The first-order valence-electron chi connectivity index (χ1n) is 23.4. The van der Waals surface area contributed by atoms with E-state index >= 15 is 0 Å². The molecule has 4 atom stereocenters. The Bertz CT molecular complexity index is 706. The number of unbranched alkanes of at least 4 members (excludes halogenated alkanes) is 34. The van der Waals surface area contributed by atoms with Crippen molar-refractivity contribution in [3.63, 3.8) is 0 Å². The van der Waals surface area contributed by atoms with Crippen LogP contribution in [0.15, 0.2) is 0 Å². The Balaban J connectivity index is 3.49. The van der Waals surface area contributed by atoms with Crippen LogP contribution >= 0.6 is 0 Å². The van der Waals surface area contributed by atoms with Gasteiger partial charge in [0.2, 0.25) is 5.91 Å². The number of hydrogen-bond acceptors (Lipinski definition) is 5. The van der Waals surface area contributed by atoms with Gasteiger partial charge in [-0.3, -0.25) is 4.79 Å². The number of carbonyl (C=O) groups excluding carboxylic acids is 1. The van der Waals surface area contributed by atoms with Gasteiger partial charge in [0.1, 0.15) is 12.2 Å². The smallest absolute Gasteiger partial charge is 0.249 e. The molecule has 4 unspecified atom stereocenters. The Labute approximate surface area is 324 Å². The summed E-state index contributed by atoms with van der Waals surface area (Å²) in [4.78, 5) is 12.4. The lowest BCUT2D eigenvalue weighted by molar-refractivity contribution is -0.132. The molecule has 6 heteroatoms. The molecule has 0 aromatic heterocycles. The van der Waals surface area contributed by atoms with Crippen LogP contribution < -0.4 is 5.32 Å². The van der Waals surface area contributed by atoms with E-state index in [4.69, 9.17) is 0 Å². The van der Waals surface area contributed by atoms with Gasteiger partial charge in [0, 0.05) is 0 Å². The highest BCUT2D eigenvalue weighted by Gasteiger charge is 2.28. The van der Waals surface area contributed by atoms with Gasteiger partial charge in [-0.15, -0.1) is 0 Å². The van der Waals surface area contributed by atoms with E-state index in [0.29, 0.717) is 12.8 Å². The summed E-state index contributed by atoms with van der Waals surface area (Å²) in [5.74, 6) is -0.582. The van der Waals surface area contributed by atoms with Gasteiger partial charge in [-0.2, -0.15) is 0 Å². The van der Waals surface area contributed by atoms with Crippen LogP contribution in [0.5, 0.6) is 0 Å². The van der Waals surface area contributed by atoms with E-state index in [2.05, 4.69) is 19.2 Å². The Morgan fingerprint density at radius 3 is 0.923 bits per heavy atom. The zero-order valence-corrected chi connectivity index (χ0v) is 35.1. The highest BCUT2D eigenvalue weighted by Crippen LogP contribution is 2.17. The summed E-state index contributed by atoms with van der Waals surface area (Å²) >= 11 is 0. The topological polar surface area (TPSA) is 110 Å². The van der Waals surface area contributed by atoms with E-state index < -0.39 is 36.9 Å². The molecule has 0 heterocycles. The molecule has 0 bridgehead atoms. The predicted octanol–water partition coefficient (Wildman–Crippen LogP) is 12.4. The Morgan fingerprint density at radius 2 is 0.654 bits per heavy atom. The fraction of sp³-hybridized carbons (Fsp3) is 0.978. The van der Waals surface area contributed by atoms with Crippen molar-refractivity contribution in [3.8, 4) is 0 Å². The predicted molar refractivity (Wildman–Crippen MR) is 224 cm³/mol. The van der Waals surface area contributed by atoms with Gasteiger partial charge in [-0.25, -0.2) is 0 Å².